The molecule has 0 saturated carbocycles. The maximum atomic E-state index is 13.3. The van der Waals surface area contributed by atoms with Gasteiger partial charge in [0.25, 0.3) is 0 Å². The molecular weight excluding hydrogens is 991 g/mol. The van der Waals surface area contributed by atoms with Crippen LogP contribution in [0.15, 0.2) is 48.6 Å². The van der Waals surface area contributed by atoms with Crippen LogP contribution < -0.4 is 5.32 Å². The molecular formula is C64H117NO13. The van der Waals surface area contributed by atoms with Gasteiger partial charge >= 0.3 is 0 Å². The molecule has 1 amide bonds. The van der Waals surface area contributed by atoms with Crippen LogP contribution in [0, 0.1) is 0 Å². The Morgan fingerprint density at radius 3 is 1.36 bits per heavy atom. The fourth-order valence-electron chi connectivity index (χ4n) is 10.5. The maximum Gasteiger partial charge on any atom is 0.220 e. The van der Waals surface area contributed by atoms with E-state index in [1.807, 2.05) is 0 Å². The summed E-state index contributed by atoms with van der Waals surface area (Å²) in [5, 5.41) is 87.4. The van der Waals surface area contributed by atoms with Crippen LogP contribution in [0.25, 0.3) is 0 Å². The highest BCUT2D eigenvalue weighted by Crippen LogP contribution is 2.30. The van der Waals surface area contributed by atoms with Gasteiger partial charge in [0, 0.05) is 6.42 Å². The first-order chi connectivity index (χ1) is 38.1. The van der Waals surface area contributed by atoms with Gasteiger partial charge in [-0.3, -0.25) is 4.79 Å². The minimum absolute atomic E-state index is 0.210. The second kappa shape index (κ2) is 49.5. The summed E-state index contributed by atoms with van der Waals surface area (Å²) in [7, 11) is 0. The lowest BCUT2D eigenvalue weighted by Crippen LogP contribution is -2.65. The van der Waals surface area contributed by atoms with Gasteiger partial charge in [-0.25, -0.2) is 0 Å². The molecule has 12 unspecified atom stereocenters. The van der Waals surface area contributed by atoms with Crippen molar-refractivity contribution in [2.45, 2.75) is 331 Å². The van der Waals surface area contributed by atoms with Crippen molar-refractivity contribution in [2.75, 3.05) is 19.8 Å². The molecule has 2 aliphatic rings. The summed E-state index contributed by atoms with van der Waals surface area (Å²) >= 11 is 0. The summed E-state index contributed by atoms with van der Waals surface area (Å²) in [5.41, 5.74) is 0. The average molecular weight is 1110 g/mol. The van der Waals surface area contributed by atoms with Crippen molar-refractivity contribution < 1.29 is 64.6 Å². The quantitative estimate of drug-likeness (QED) is 0.0204. The van der Waals surface area contributed by atoms with Crippen LogP contribution in [0.5, 0.6) is 0 Å². The zero-order valence-electron chi connectivity index (χ0n) is 49.2. The molecule has 0 aromatic heterocycles. The molecule has 2 fully saturated rings. The molecule has 0 aromatic carbocycles. The Balaban J connectivity index is 1.72. The standard InChI is InChI=1S/C64H117NO13/c1-3-5-7-9-11-13-15-17-19-21-23-25-26-28-30-32-34-36-38-40-42-44-46-48-56(69)65-52(53(68)47-45-43-41-39-37-35-33-31-29-27-24-22-20-18-16-14-12-10-8-6-4-2)51-75-63-61(74)59(72)62(55(50-67)77-63)78-64-60(73)58(71)57(70)54(49-66)76-64/h5,7,11,13,17,19,23,25,52-55,57-64,66-68,70-74H,3-4,6,8-10,12,14-16,18,20-22,24,26-51H2,1-2H3,(H,65,69)/b7-5-,13-11-,19-17-,25-23-. The number of aliphatic hydroxyl groups excluding tert-OH is 8. The highest BCUT2D eigenvalue weighted by Gasteiger charge is 2.51. The number of hydrogen-bond donors (Lipinski definition) is 9. The molecule has 14 nitrogen and oxygen atoms in total. The molecule has 456 valence electrons. The van der Waals surface area contributed by atoms with Crippen molar-refractivity contribution in [3.8, 4) is 0 Å². The number of aliphatic hydroxyl groups is 8. The number of amides is 1. The molecule has 2 heterocycles. The predicted octanol–water partition coefficient (Wildman–Crippen LogP) is 11.6. The topological polar surface area (TPSA) is 228 Å². The zero-order chi connectivity index (χ0) is 56.7. The lowest BCUT2D eigenvalue weighted by Gasteiger charge is -2.46. The number of nitrogens with one attached hydrogen (secondary N) is 1. The first kappa shape index (κ1) is 72.1. The number of ether oxygens (including phenoxy) is 4. The van der Waals surface area contributed by atoms with Gasteiger partial charge in [0.1, 0.15) is 48.8 Å². The first-order valence-corrected chi connectivity index (χ1v) is 31.9. The van der Waals surface area contributed by atoms with Gasteiger partial charge in [0.15, 0.2) is 12.6 Å². The Kier molecular flexibility index (Phi) is 45.8. The maximum absolute atomic E-state index is 13.3. The highest BCUT2D eigenvalue weighted by atomic mass is 16.7. The molecule has 12 atom stereocenters. The SMILES string of the molecule is CC/C=C\C/C=C\C/C=C\C/C=C\CCCCCCCCCCCCC(=O)NC(COC1OC(CO)C(OC2OC(CO)C(O)C(O)C2O)C(O)C1O)C(O)CCCCCCCCCCCCCCCCCCCCCCC. The van der Waals surface area contributed by atoms with Gasteiger partial charge in [-0.05, 0) is 51.4 Å². The van der Waals surface area contributed by atoms with Gasteiger partial charge in [-0.1, -0.05) is 249 Å². The summed E-state index contributed by atoms with van der Waals surface area (Å²) in [6, 6.07) is -0.833. The van der Waals surface area contributed by atoms with Crippen molar-refractivity contribution in [2.24, 2.45) is 0 Å². The summed E-state index contributed by atoms with van der Waals surface area (Å²) < 4.78 is 22.9. The second-order valence-corrected chi connectivity index (χ2v) is 22.5. The van der Waals surface area contributed by atoms with Crippen LogP contribution in [0.3, 0.4) is 0 Å². The number of hydrogen-bond acceptors (Lipinski definition) is 13. The Morgan fingerprint density at radius 1 is 0.474 bits per heavy atom. The molecule has 0 bridgehead atoms. The van der Waals surface area contributed by atoms with E-state index in [9.17, 15) is 45.6 Å². The number of carbonyl (C=O) groups excluding carboxylic acids is 1. The Bertz CT molecular complexity index is 1490. The van der Waals surface area contributed by atoms with Gasteiger partial charge in [-0.2, -0.15) is 0 Å². The van der Waals surface area contributed by atoms with Gasteiger partial charge < -0.3 is 65.1 Å². The monoisotopic (exact) mass is 1110 g/mol. The van der Waals surface area contributed by atoms with Crippen LogP contribution in [-0.2, 0) is 23.7 Å². The van der Waals surface area contributed by atoms with E-state index in [-0.39, 0.29) is 12.5 Å². The minimum Gasteiger partial charge on any atom is -0.394 e. The summed E-state index contributed by atoms with van der Waals surface area (Å²) in [6.07, 6.45) is 45.3. The molecule has 2 rings (SSSR count). The van der Waals surface area contributed by atoms with E-state index < -0.39 is 86.8 Å². The smallest absolute Gasteiger partial charge is 0.220 e. The molecule has 2 aliphatic heterocycles. The number of rotatable bonds is 51. The third-order valence-electron chi connectivity index (χ3n) is 15.6. The van der Waals surface area contributed by atoms with Crippen LogP contribution in [0.1, 0.15) is 258 Å². The normalized spacial score (nSPS) is 24.8. The minimum atomic E-state index is -1.78. The Labute approximate surface area is 473 Å². The lowest BCUT2D eigenvalue weighted by molar-refractivity contribution is -0.359. The lowest BCUT2D eigenvalue weighted by atomic mass is 9.97. The third-order valence-corrected chi connectivity index (χ3v) is 15.6. The molecule has 0 aromatic rings. The van der Waals surface area contributed by atoms with Crippen LogP contribution in [0.4, 0.5) is 0 Å². The Hall–Kier alpha value is -2.05. The van der Waals surface area contributed by atoms with Crippen molar-refractivity contribution in [3.63, 3.8) is 0 Å². The molecule has 2 saturated heterocycles. The van der Waals surface area contributed by atoms with E-state index in [1.54, 1.807) is 0 Å². The summed E-state index contributed by atoms with van der Waals surface area (Å²) in [4.78, 5) is 13.3. The summed E-state index contributed by atoms with van der Waals surface area (Å²) in [5.74, 6) is -0.210. The van der Waals surface area contributed by atoms with E-state index >= 15 is 0 Å². The molecule has 0 spiro atoms. The zero-order valence-corrected chi connectivity index (χ0v) is 49.2. The molecule has 78 heavy (non-hydrogen) atoms. The van der Waals surface area contributed by atoms with E-state index in [1.165, 1.54) is 148 Å². The predicted molar refractivity (Wildman–Crippen MR) is 314 cm³/mol. The van der Waals surface area contributed by atoms with Gasteiger partial charge in [0.05, 0.1) is 32.0 Å². The van der Waals surface area contributed by atoms with Crippen molar-refractivity contribution >= 4 is 5.91 Å². The molecule has 14 heteroatoms. The fraction of sp³-hybridized carbons (Fsp3) is 0.859. The number of unbranched alkanes of at least 4 members (excludes halogenated alkanes) is 30. The highest BCUT2D eigenvalue weighted by molar-refractivity contribution is 5.76. The summed E-state index contributed by atoms with van der Waals surface area (Å²) in [6.45, 7) is 2.77. The first-order valence-electron chi connectivity index (χ1n) is 31.9. The van der Waals surface area contributed by atoms with Crippen LogP contribution in [-0.4, -0.2) is 140 Å². The van der Waals surface area contributed by atoms with E-state index in [4.69, 9.17) is 18.9 Å². The number of allylic oxidation sites excluding steroid dienone is 8. The molecule has 0 radical (unpaired) electrons. The van der Waals surface area contributed by atoms with Crippen molar-refractivity contribution in [3.05, 3.63) is 48.6 Å². The fourth-order valence-corrected chi connectivity index (χ4v) is 10.5. The van der Waals surface area contributed by atoms with E-state index in [0.29, 0.717) is 12.8 Å². The number of carbonyl (C=O) groups is 1. The molecule has 0 aliphatic carbocycles. The Morgan fingerprint density at radius 2 is 0.885 bits per heavy atom. The van der Waals surface area contributed by atoms with Crippen molar-refractivity contribution in [1.82, 2.24) is 5.32 Å². The molecule has 9 N–H and O–H groups in total. The van der Waals surface area contributed by atoms with Crippen LogP contribution >= 0.6 is 0 Å². The van der Waals surface area contributed by atoms with Crippen LogP contribution in [0.2, 0.25) is 0 Å². The van der Waals surface area contributed by atoms with E-state index in [0.717, 1.165) is 83.5 Å². The second-order valence-electron chi connectivity index (χ2n) is 22.5. The van der Waals surface area contributed by atoms with Gasteiger partial charge in [-0.15, -0.1) is 0 Å². The van der Waals surface area contributed by atoms with Gasteiger partial charge in [0.2, 0.25) is 5.91 Å². The third kappa shape index (κ3) is 34.4. The van der Waals surface area contributed by atoms with E-state index in [2.05, 4.69) is 67.8 Å². The van der Waals surface area contributed by atoms with Crippen molar-refractivity contribution in [1.29, 1.82) is 0 Å². The largest absolute Gasteiger partial charge is 0.394 e. The average Bonchev–Trinajstić information content (AvgIpc) is 3.48.